The molecule has 1 saturated carbocycles. The highest BCUT2D eigenvalue weighted by Gasteiger charge is 2.31. The third kappa shape index (κ3) is 5.41. The lowest BCUT2D eigenvalue weighted by Crippen LogP contribution is -2.41. The lowest BCUT2D eigenvalue weighted by atomic mass is 9.70. The molecule has 0 saturated heterocycles. The molecule has 0 amide bonds. The molecule has 118 valence electrons. The van der Waals surface area contributed by atoms with Gasteiger partial charge in [-0.3, -0.25) is 0 Å². The zero-order chi connectivity index (χ0) is 15.3. The van der Waals surface area contributed by atoms with Gasteiger partial charge in [0.15, 0.2) is 0 Å². The third-order valence-corrected chi connectivity index (χ3v) is 5.45. The van der Waals surface area contributed by atoms with Crippen LogP contribution in [0.4, 0.5) is 0 Å². The summed E-state index contributed by atoms with van der Waals surface area (Å²) in [5.74, 6) is 0.837. The fourth-order valence-electron chi connectivity index (χ4n) is 3.48. The normalized spacial score (nSPS) is 20.4. The second-order valence-corrected chi connectivity index (χ2v) is 8.31. The average molecular weight is 352 g/mol. The molecule has 1 aliphatic carbocycles. The van der Waals surface area contributed by atoms with E-state index in [4.69, 9.17) is 0 Å². The second kappa shape index (κ2) is 7.78. The molecular weight excluding hydrogens is 322 g/mol. The molecule has 2 heteroatoms. The fraction of sp³-hybridized carbons (Fsp3) is 0.684. The molecule has 1 nitrogen and oxygen atoms in total. The smallest absolute Gasteiger partial charge is 0.0178 e. The molecule has 0 bridgehead atoms. The van der Waals surface area contributed by atoms with Gasteiger partial charge in [0.2, 0.25) is 0 Å². The minimum Gasteiger partial charge on any atom is -0.313 e. The summed E-state index contributed by atoms with van der Waals surface area (Å²) in [6.45, 7) is 8.24. The summed E-state index contributed by atoms with van der Waals surface area (Å²) in [6.07, 6.45) is 7.88. The average Bonchev–Trinajstić information content (AvgIpc) is 2.44. The second-order valence-electron chi connectivity index (χ2n) is 7.40. The number of hydrogen-bond donors (Lipinski definition) is 1. The first-order valence-corrected chi connectivity index (χ1v) is 9.27. The molecule has 0 aliphatic heterocycles. The molecule has 1 atom stereocenters. The maximum Gasteiger partial charge on any atom is 0.0178 e. The minimum atomic E-state index is 0.557. The molecule has 0 aromatic heterocycles. The Hall–Kier alpha value is -0.340. The summed E-state index contributed by atoms with van der Waals surface area (Å²) < 4.78 is 1.19. The molecule has 1 unspecified atom stereocenters. The Kier molecular flexibility index (Phi) is 6.31. The molecule has 0 heterocycles. The monoisotopic (exact) mass is 351 g/mol. The van der Waals surface area contributed by atoms with Gasteiger partial charge in [0.25, 0.3) is 0 Å². The first-order valence-electron chi connectivity index (χ1n) is 8.48. The van der Waals surface area contributed by atoms with Crippen LogP contribution in [0, 0.1) is 11.3 Å². The Morgan fingerprint density at radius 2 is 2.00 bits per heavy atom. The zero-order valence-corrected chi connectivity index (χ0v) is 15.4. The number of nitrogens with one attached hydrogen (secondary N) is 1. The Bertz CT molecular complexity index is 431. The van der Waals surface area contributed by atoms with Gasteiger partial charge in [-0.2, -0.15) is 0 Å². The van der Waals surface area contributed by atoms with Crippen molar-refractivity contribution in [2.75, 3.05) is 6.54 Å². The maximum atomic E-state index is 3.82. The van der Waals surface area contributed by atoms with E-state index in [2.05, 4.69) is 66.3 Å². The molecule has 1 N–H and O–H groups in total. The van der Waals surface area contributed by atoms with Gasteiger partial charge in [0.1, 0.15) is 0 Å². The minimum absolute atomic E-state index is 0.557. The van der Waals surface area contributed by atoms with E-state index in [1.807, 2.05) is 0 Å². The number of rotatable bonds is 6. The van der Waals surface area contributed by atoms with Crippen molar-refractivity contribution in [3.8, 4) is 0 Å². The molecular formula is C19H30BrN. The van der Waals surface area contributed by atoms with Crippen LogP contribution < -0.4 is 5.32 Å². The summed E-state index contributed by atoms with van der Waals surface area (Å²) in [7, 11) is 0. The van der Waals surface area contributed by atoms with E-state index >= 15 is 0 Å². The first kappa shape index (κ1) is 17.0. The standard InChI is InChI=1S/C19H30BrN/c1-4-12-21-18(14-15-6-5-7-17(20)13-15)16-8-10-19(2,3)11-9-16/h5-7,13,16,18,21H,4,8-12,14H2,1-3H3. The van der Waals surface area contributed by atoms with Crippen LogP contribution in [0.25, 0.3) is 0 Å². The van der Waals surface area contributed by atoms with Gasteiger partial charge in [-0.25, -0.2) is 0 Å². The van der Waals surface area contributed by atoms with Crippen LogP contribution in [-0.4, -0.2) is 12.6 Å². The van der Waals surface area contributed by atoms with Crippen molar-refractivity contribution in [2.24, 2.45) is 11.3 Å². The number of hydrogen-bond acceptors (Lipinski definition) is 1. The first-order chi connectivity index (χ1) is 10.00. The highest BCUT2D eigenvalue weighted by Crippen LogP contribution is 2.39. The van der Waals surface area contributed by atoms with Crippen LogP contribution in [-0.2, 0) is 6.42 Å². The third-order valence-electron chi connectivity index (χ3n) is 4.95. The summed E-state index contributed by atoms with van der Waals surface area (Å²) in [5.41, 5.74) is 2.00. The largest absolute Gasteiger partial charge is 0.313 e. The van der Waals surface area contributed by atoms with Crippen molar-refractivity contribution < 1.29 is 0 Å². The van der Waals surface area contributed by atoms with E-state index < -0.39 is 0 Å². The van der Waals surface area contributed by atoms with Gasteiger partial charge in [0.05, 0.1) is 0 Å². The summed E-state index contributed by atoms with van der Waals surface area (Å²) >= 11 is 3.60. The Morgan fingerprint density at radius 1 is 1.29 bits per heavy atom. The van der Waals surface area contributed by atoms with Gasteiger partial charge >= 0.3 is 0 Å². The molecule has 0 spiro atoms. The van der Waals surface area contributed by atoms with Gasteiger partial charge in [0, 0.05) is 10.5 Å². The van der Waals surface area contributed by atoms with Crippen molar-refractivity contribution in [2.45, 2.75) is 65.3 Å². The van der Waals surface area contributed by atoms with Crippen LogP contribution in [0.2, 0.25) is 0 Å². The van der Waals surface area contributed by atoms with Crippen LogP contribution in [0.5, 0.6) is 0 Å². The SMILES string of the molecule is CCCNC(Cc1cccc(Br)c1)C1CCC(C)(C)CC1. The van der Waals surface area contributed by atoms with E-state index in [1.54, 1.807) is 0 Å². The van der Waals surface area contributed by atoms with Crippen LogP contribution in [0.3, 0.4) is 0 Å². The molecule has 2 rings (SSSR count). The lowest BCUT2D eigenvalue weighted by Gasteiger charge is -2.38. The van der Waals surface area contributed by atoms with Gasteiger partial charge < -0.3 is 5.32 Å². The van der Waals surface area contributed by atoms with Crippen molar-refractivity contribution >= 4 is 15.9 Å². The topological polar surface area (TPSA) is 12.0 Å². The Morgan fingerprint density at radius 3 is 2.62 bits per heavy atom. The van der Waals surface area contributed by atoms with E-state index in [-0.39, 0.29) is 0 Å². The predicted molar refractivity (Wildman–Crippen MR) is 95.7 cm³/mol. The summed E-state index contributed by atoms with van der Waals surface area (Å²) in [4.78, 5) is 0. The molecule has 1 aromatic rings. The molecule has 1 aromatic carbocycles. The lowest BCUT2D eigenvalue weighted by molar-refractivity contribution is 0.160. The zero-order valence-electron chi connectivity index (χ0n) is 13.8. The van der Waals surface area contributed by atoms with E-state index in [9.17, 15) is 0 Å². The van der Waals surface area contributed by atoms with Crippen LogP contribution in [0.15, 0.2) is 28.7 Å². The van der Waals surface area contributed by atoms with Crippen molar-refractivity contribution in [3.63, 3.8) is 0 Å². The predicted octanol–water partition coefficient (Wildman–Crippen LogP) is 5.58. The highest BCUT2D eigenvalue weighted by atomic mass is 79.9. The summed E-state index contributed by atoms with van der Waals surface area (Å²) in [6, 6.07) is 9.43. The quantitative estimate of drug-likeness (QED) is 0.705. The molecule has 0 radical (unpaired) electrons. The Labute approximate surface area is 139 Å². The van der Waals surface area contributed by atoms with E-state index in [0.717, 1.165) is 18.9 Å². The number of benzene rings is 1. The summed E-state index contributed by atoms with van der Waals surface area (Å²) in [5, 5.41) is 3.82. The van der Waals surface area contributed by atoms with Gasteiger partial charge in [-0.1, -0.05) is 48.8 Å². The van der Waals surface area contributed by atoms with Crippen LogP contribution >= 0.6 is 15.9 Å². The molecule has 1 fully saturated rings. The van der Waals surface area contributed by atoms with Crippen molar-refractivity contribution in [1.82, 2.24) is 5.32 Å². The van der Waals surface area contributed by atoms with Gasteiger partial charge in [-0.15, -0.1) is 0 Å². The van der Waals surface area contributed by atoms with Crippen LogP contribution in [0.1, 0.15) is 58.4 Å². The van der Waals surface area contributed by atoms with E-state index in [1.165, 1.54) is 42.1 Å². The number of halogens is 1. The fourth-order valence-corrected chi connectivity index (χ4v) is 3.92. The molecule has 1 aliphatic rings. The van der Waals surface area contributed by atoms with Gasteiger partial charge in [-0.05, 0) is 74.1 Å². The van der Waals surface area contributed by atoms with Crippen molar-refractivity contribution in [1.29, 1.82) is 0 Å². The molecule has 21 heavy (non-hydrogen) atoms. The Balaban J connectivity index is 2.00. The highest BCUT2D eigenvalue weighted by molar-refractivity contribution is 9.10. The van der Waals surface area contributed by atoms with E-state index in [0.29, 0.717) is 11.5 Å². The maximum absolute atomic E-state index is 3.82. The van der Waals surface area contributed by atoms with Crippen molar-refractivity contribution in [3.05, 3.63) is 34.3 Å².